The van der Waals surface area contributed by atoms with Gasteiger partial charge in [-0.05, 0) is 32.0 Å². The number of benzene rings is 1. The van der Waals surface area contributed by atoms with E-state index in [1.54, 1.807) is 0 Å². The van der Waals surface area contributed by atoms with Crippen LogP contribution in [0.1, 0.15) is 43.6 Å². The molecule has 0 fully saturated rings. The van der Waals surface area contributed by atoms with Crippen LogP contribution in [0.2, 0.25) is 0 Å². The van der Waals surface area contributed by atoms with Crippen molar-refractivity contribution in [3.8, 4) is 0 Å². The molecule has 20 heavy (non-hydrogen) atoms. The lowest BCUT2D eigenvalue weighted by Gasteiger charge is -2.25. The first-order chi connectivity index (χ1) is 9.62. The molecule has 114 valence electrons. The van der Waals surface area contributed by atoms with Gasteiger partial charge in [-0.25, -0.2) is 0 Å². The van der Waals surface area contributed by atoms with Gasteiger partial charge < -0.3 is 10.6 Å². The summed E-state index contributed by atoms with van der Waals surface area (Å²) in [6, 6.07) is 9.03. The van der Waals surface area contributed by atoms with E-state index in [0.717, 1.165) is 31.8 Å². The summed E-state index contributed by atoms with van der Waals surface area (Å²) in [5.74, 6) is 1.15. The molecule has 1 rings (SSSR count). The number of rotatable bonds is 9. The minimum absolute atomic E-state index is 0.235. The Bertz CT molecular complexity index is 377. The highest BCUT2D eigenvalue weighted by atomic mass is 32.2. The van der Waals surface area contributed by atoms with Crippen molar-refractivity contribution in [1.29, 1.82) is 0 Å². The van der Waals surface area contributed by atoms with Crippen molar-refractivity contribution in [2.75, 3.05) is 25.4 Å². The zero-order valence-electron chi connectivity index (χ0n) is 13.4. The Morgan fingerprint density at radius 3 is 2.45 bits per heavy atom. The van der Waals surface area contributed by atoms with E-state index in [4.69, 9.17) is 5.73 Å². The Morgan fingerprint density at radius 1 is 1.20 bits per heavy atom. The van der Waals surface area contributed by atoms with Gasteiger partial charge in [0.25, 0.3) is 0 Å². The van der Waals surface area contributed by atoms with Gasteiger partial charge in [-0.2, -0.15) is 11.8 Å². The third-order valence-corrected chi connectivity index (χ3v) is 5.23. The Kier molecular flexibility index (Phi) is 8.27. The summed E-state index contributed by atoms with van der Waals surface area (Å²) in [6.07, 6.45) is 1.02. The van der Waals surface area contributed by atoms with Gasteiger partial charge in [0.1, 0.15) is 0 Å². The number of hydrogen-bond acceptors (Lipinski definition) is 3. The molecule has 0 radical (unpaired) electrons. The lowest BCUT2D eigenvalue weighted by atomic mass is 10.0. The molecule has 1 aromatic rings. The summed E-state index contributed by atoms with van der Waals surface area (Å²) in [6.45, 7) is 12.2. The van der Waals surface area contributed by atoms with Crippen LogP contribution < -0.4 is 5.73 Å². The minimum Gasteiger partial charge on any atom is -0.326 e. The lowest BCUT2D eigenvalue weighted by molar-refractivity contribution is 0.323. The highest BCUT2D eigenvalue weighted by Crippen LogP contribution is 2.32. The SMILES string of the molecule is CCC(N)C(SCCN(CC)CC)c1cccc(C)c1. The van der Waals surface area contributed by atoms with E-state index < -0.39 is 0 Å². The molecule has 2 unspecified atom stereocenters. The predicted molar refractivity (Wildman–Crippen MR) is 92.4 cm³/mol. The van der Waals surface area contributed by atoms with Crippen molar-refractivity contribution >= 4 is 11.8 Å². The summed E-state index contributed by atoms with van der Waals surface area (Å²) in [5, 5.41) is 0.412. The van der Waals surface area contributed by atoms with E-state index in [2.05, 4.69) is 56.9 Å². The van der Waals surface area contributed by atoms with Gasteiger partial charge in [-0.15, -0.1) is 0 Å². The smallest absolute Gasteiger partial charge is 0.0448 e. The van der Waals surface area contributed by atoms with Crippen LogP contribution in [-0.2, 0) is 0 Å². The van der Waals surface area contributed by atoms with Crippen molar-refractivity contribution in [2.45, 2.75) is 45.4 Å². The summed E-state index contributed by atoms with van der Waals surface area (Å²) >= 11 is 2.01. The number of thioether (sulfide) groups is 1. The van der Waals surface area contributed by atoms with Crippen LogP contribution in [0.4, 0.5) is 0 Å². The van der Waals surface area contributed by atoms with Crippen LogP contribution in [0.25, 0.3) is 0 Å². The number of nitrogens with zero attached hydrogens (tertiary/aromatic N) is 1. The molecular weight excluding hydrogens is 264 g/mol. The Labute approximate surface area is 129 Å². The normalized spacial score (nSPS) is 14.5. The highest BCUT2D eigenvalue weighted by Gasteiger charge is 2.19. The molecule has 0 bridgehead atoms. The van der Waals surface area contributed by atoms with Gasteiger partial charge in [0.05, 0.1) is 0 Å². The van der Waals surface area contributed by atoms with Crippen LogP contribution in [0.3, 0.4) is 0 Å². The van der Waals surface area contributed by atoms with Crippen molar-refractivity contribution in [1.82, 2.24) is 4.90 Å². The largest absolute Gasteiger partial charge is 0.326 e. The molecule has 0 aliphatic heterocycles. The summed E-state index contributed by atoms with van der Waals surface area (Å²) < 4.78 is 0. The van der Waals surface area contributed by atoms with Crippen LogP contribution in [-0.4, -0.2) is 36.3 Å². The van der Waals surface area contributed by atoms with E-state index in [9.17, 15) is 0 Å². The van der Waals surface area contributed by atoms with Gasteiger partial charge in [0, 0.05) is 23.6 Å². The molecule has 3 heteroatoms. The van der Waals surface area contributed by atoms with Crippen LogP contribution >= 0.6 is 11.8 Å². The van der Waals surface area contributed by atoms with Gasteiger partial charge in [0.15, 0.2) is 0 Å². The van der Waals surface area contributed by atoms with Crippen molar-refractivity contribution in [3.63, 3.8) is 0 Å². The first kappa shape index (κ1) is 17.5. The number of hydrogen-bond donors (Lipinski definition) is 1. The van der Waals surface area contributed by atoms with E-state index in [1.807, 2.05) is 11.8 Å². The van der Waals surface area contributed by atoms with Gasteiger partial charge in [-0.1, -0.05) is 50.6 Å². The molecule has 0 saturated heterocycles. The minimum atomic E-state index is 0.235. The fourth-order valence-corrected chi connectivity index (χ4v) is 3.77. The zero-order valence-corrected chi connectivity index (χ0v) is 14.2. The second kappa shape index (κ2) is 9.43. The molecule has 0 spiro atoms. The standard InChI is InChI=1S/C17H30N2S/c1-5-16(18)17(15-10-8-9-14(4)13-15)20-12-11-19(6-2)7-3/h8-10,13,16-17H,5-7,11-12,18H2,1-4H3. The quantitative estimate of drug-likeness (QED) is 0.750. The fraction of sp³-hybridized carbons (Fsp3) is 0.647. The molecule has 0 saturated carbocycles. The van der Waals surface area contributed by atoms with Gasteiger partial charge in [0.2, 0.25) is 0 Å². The summed E-state index contributed by atoms with van der Waals surface area (Å²) in [5.41, 5.74) is 9.04. The van der Waals surface area contributed by atoms with Crippen LogP contribution in [0.5, 0.6) is 0 Å². The predicted octanol–water partition coefficient (Wildman–Crippen LogP) is 3.85. The molecule has 0 aromatic heterocycles. The van der Waals surface area contributed by atoms with Crippen molar-refractivity contribution in [3.05, 3.63) is 35.4 Å². The maximum atomic E-state index is 6.35. The van der Waals surface area contributed by atoms with E-state index in [-0.39, 0.29) is 6.04 Å². The van der Waals surface area contributed by atoms with Gasteiger partial charge in [-0.3, -0.25) is 0 Å². The zero-order chi connectivity index (χ0) is 15.0. The highest BCUT2D eigenvalue weighted by molar-refractivity contribution is 7.99. The number of aryl methyl sites for hydroxylation is 1. The molecule has 2 N–H and O–H groups in total. The average Bonchev–Trinajstić information content (AvgIpc) is 2.47. The molecule has 0 aliphatic carbocycles. The maximum Gasteiger partial charge on any atom is 0.0448 e. The van der Waals surface area contributed by atoms with E-state index in [0.29, 0.717) is 5.25 Å². The second-order valence-corrected chi connectivity index (χ2v) is 6.55. The van der Waals surface area contributed by atoms with E-state index in [1.165, 1.54) is 11.1 Å². The first-order valence-corrected chi connectivity index (χ1v) is 8.83. The summed E-state index contributed by atoms with van der Waals surface area (Å²) in [4.78, 5) is 2.47. The number of nitrogens with two attached hydrogens (primary N) is 1. The third kappa shape index (κ3) is 5.47. The van der Waals surface area contributed by atoms with E-state index >= 15 is 0 Å². The Hall–Kier alpha value is -0.510. The molecule has 2 nitrogen and oxygen atoms in total. The molecule has 0 aliphatic rings. The van der Waals surface area contributed by atoms with Crippen LogP contribution in [0, 0.1) is 6.92 Å². The van der Waals surface area contributed by atoms with Crippen LogP contribution in [0.15, 0.2) is 24.3 Å². The topological polar surface area (TPSA) is 29.3 Å². The maximum absolute atomic E-state index is 6.35. The lowest BCUT2D eigenvalue weighted by Crippen LogP contribution is -2.29. The monoisotopic (exact) mass is 294 g/mol. The molecular formula is C17H30N2S. The molecule has 2 atom stereocenters. The van der Waals surface area contributed by atoms with Crippen molar-refractivity contribution in [2.24, 2.45) is 5.73 Å². The molecule has 1 aromatic carbocycles. The second-order valence-electron chi connectivity index (χ2n) is 5.30. The fourth-order valence-electron chi connectivity index (χ4n) is 2.38. The van der Waals surface area contributed by atoms with Gasteiger partial charge >= 0.3 is 0 Å². The first-order valence-electron chi connectivity index (χ1n) is 7.78. The Morgan fingerprint density at radius 2 is 1.90 bits per heavy atom. The molecule has 0 amide bonds. The summed E-state index contributed by atoms with van der Waals surface area (Å²) in [7, 11) is 0. The van der Waals surface area contributed by atoms with Crippen molar-refractivity contribution < 1.29 is 0 Å². The Balaban J connectivity index is 2.66. The average molecular weight is 295 g/mol. The third-order valence-electron chi connectivity index (χ3n) is 3.83. The molecule has 0 heterocycles.